The summed E-state index contributed by atoms with van der Waals surface area (Å²) in [5.74, 6) is -0.325. The summed E-state index contributed by atoms with van der Waals surface area (Å²) in [4.78, 5) is 26.9. The van der Waals surface area contributed by atoms with Crippen molar-refractivity contribution in [1.82, 2.24) is 10.8 Å². The highest BCUT2D eigenvalue weighted by molar-refractivity contribution is 5.77. The van der Waals surface area contributed by atoms with Crippen LogP contribution in [-0.2, 0) is 14.4 Å². The number of ether oxygens (including phenoxy) is 1. The molecule has 0 rings (SSSR count). The van der Waals surface area contributed by atoms with Gasteiger partial charge in [-0.15, -0.1) is 0 Å². The van der Waals surface area contributed by atoms with Gasteiger partial charge in [0, 0.05) is 6.54 Å². The van der Waals surface area contributed by atoms with Crippen LogP contribution in [0.15, 0.2) is 0 Å². The molecular weight excluding hydrogens is 226 g/mol. The zero-order valence-electron chi connectivity index (χ0n) is 10.5. The molecule has 0 aromatic heterocycles. The lowest BCUT2D eigenvalue weighted by atomic mass is 10.2. The molecule has 0 spiro atoms. The Morgan fingerprint density at radius 3 is 2.47 bits per heavy atom. The maximum absolute atomic E-state index is 11.1. The van der Waals surface area contributed by atoms with Gasteiger partial charge in [0.05, 0.1) is 0 Å². The number of hydroxylamine groups is 1. The Hall–Kier alpha value is -1.34. The highest BCUT2D eigenvalue weighted by Gasteiger charge is 2.16. The molecule has 7 nitrogen and oxygen atoms in total. The molecule has 0 aliphatic rings. The minimum absolute atomic E-state index is 0.260. The van der Waals surface area contributed by atoms with Gasteiger partial charge in [0.1, 0.15) is 5.60 Å². The van der Waals surface area contributed by atoms with E-state index in [0.29, 0.717) is 19.5 Å². The van der Waals surface area contributed by atoms with Crippen molar-refractivity contribution in [1.29, 1.82) is 0 Å². The molecule has 0 heterocycles. The molecule has 0 bridgehead atoms. The van der Waals surface area contributed by atoms with Crippen LogP contribution in [-0.4, -0.2) is 37.3 Å². The highest BCUT2D eigenvalue weighted by atomic mass is 16.7. The van der Waals surface area contributed by atoms with E-state index in [2.05, 4.69) is 10.2 Å². The third kappa shape index (κ3) is 10.9. The minimum Gasteiger partial charge on any atom is -0.442 e. The number of nitrogens with two attached hydrogens (primary N) is 1. The Morgan fingerprint density at radius 1 is 1.29 bits per heavy atom. The maximum Gasteiger partial charge on any atom is 0.431 e. The molecule has 0 radical (unpaired) electrons. The second-order valence-corrected chi connectivity index (χ2v) is 4.38. The number of rotatable bonds is 6. The largest absolute Gasteiger partial charge is 0.442 e. The number of carbonyl (C=O) groups is 2. The molecule has 0 aliphatic carbocycles. The molecule has 2 amide bonds. The van der Waals surface area contributed by atoms with Crippen LogP contribution >= 0.6 is 0 Å². The van der Waals surface area contributed by atoms with E-state index < -0.39 is 11.7 Å². The van der Waals surface area contributed by atoms with Crippen LogP contribution < -0.4 is 16.5 Å². The summed E-state index contributed by atoms with van der Waals surface area (Å²) in [6.45, 7) is 5.93. The number of amides is 2. The Bertz CT molecular complexity index is 250. The van der Waals surface area contributed by atoms with Crippen LogP contribution in [0.2, 0.25) is 0 Å². The monoisotopic (exact) mass is 247 g/mol. The van der Waals surface area contributed by atoms with Crippen molar-refractivity contribution < 1.29 is 19.2 Å². The van der Waals surface area contributed by atoms with E-state index >= 15 is 0 Å². The van der Waals surface area contributed by atoms with Crippen molar-refractivity contribution >= 4 is 12.0 Å². The van der Waals surface area contributed by atoms with Crippen molar-refractivity contribution in [3.8, 4) is 0 Å². The Labute approximate surface area is 101 Å². The van der Waals surface area contributed by atoms with Gasteiger partial charge in [-0.05, 0) is 33.7 Å². The molecule has 4 N–H and O–H groups in total. The fourth-order valence-corrected chi connectivity index (χ4v) is 0.840. The van der Waals surface area contributed by atoms with Crippen LogP contribution in [0.3, 0.4) is 0 Å². The molecule has 0 aromatic carbocycles. The first-order chi connectivity index (χ1) is 7.85. The minimum atomic E-state index is -0.729. The molecule has 0 aromatic rings. The van der Waals surface area contributed by atoms with E-state index in [-0.39, 0.29) is 12.5 Å². The Kier molecular flexibility index (Phi) is 7.24. The summed E-state index contributed by atoms with van der Waals surface area (Å²) in [5.41, 5.74) is 6.67. The average Bonchev–Trinajstić information content (AvgIpc) is 2.15. The van der Waals surface area contributed by atoms with Crippen LogP contribution in [0.25, 0.3) is 0 Å². The summed E-state index contributed by atoms with van der Waals surface area (Å²) in [6.07, 6.45) is -0.0298. The topological polar surface area (TPSA) is 103 Å². The number of hydrogen-bond donors (Lipinski definition) is 3. The molecule has 7 heteroatoms. The van der Waals surface area contributed by atoms with Crippen molar-refractivity contribution in [3.05, 3.63) is 0 Å². The summed E-state index contributed by atoms with van der Waals surface area (Å²) >= 11 is 0. The van der Waals surface area contributed by atoms with Crippen LogP contribution in [0, 0.1) is 0 Å². The molecular formula is C10H21N3O4. The number of carbonyl (C=O) groups excluding carboxylic acids is 2. The van der Waals surface area contributed by atoms with Crippen molar-refractivity contribution in [2.24, 2.45) is 5.73 Å². The van der Waals surface area contributed by atoms with Crippen LogP contribution in [0.1, 0.15) is 27.2 Å². The van der Waals surface area contributed by atoms with Crippen molar-refractivity contribution in [2.45, 2.75) is 32.8 Å². The first kappa shape index (κ1) is 15.7. The molecule has 0 atom stereocenters. The third-order valence-electron chi connectivity index (χ3n) is 1.46. The van der Waals surface area contributed by atoms with Gasteiger partial charge in [0.25, 0.3) is 0 Å². The molecule has 0 saturated heterocycles. The van der Waals surface area contributed by atoms with E-state index in [1.807, 2.05) is 5.48 Å². The van der Waals surface area contributed by atoms with Crippen molar-refractivity contribution in [2.75, 3.05) is 19.7 Å². The quantitative estimate of drug-likeness (QED) is 0.449. The fourth-order valence-electron chi connectivity index (χ4n) is 0.840. The van der Waals surface area contributed by atoms with E-state index in [1.165, 1.54) is 0 Å². The van der Waals surface area contributed by atoms with Gasteiger partial charge in [-0.25, -0.2) is 4.79 Å². The van der Waals surface area contributed by atoms with E-state index in [0.717, 1.165) is 0 Å². The van der Waals surface area contributed by atoms with Crippen LogP contribution in [0.4, 0.5) is 4.79 Å². The second kappa shape index (κ2) is 7.86. The smallest absolute Gasteiger partial charge is 0.431 e. The summed E-state index contributed by atoms with van der Waals surface area (Å²) < 4.78 is 4.89. The lowest BCUT2D eigenvalue weighted by Crippen LogP contribution is -2.36. The SMILES string of the molecule is CC(C)(C)OC(=O)NOCC(=O)NCCCN. The summed E-state index contributed by atoms with van der Waals surface area (Å²) in [5, 5.41) is 2.57. The standard InChI is InChI=1S/C10H21N3O4/c1-10(2,3)17-9(15)13-16-7-8(14)12-6-4-5-11/h4-7,11H2,1-3H3,(H,12,14)(H,13,15). The molecule has 0 unspecified atom stereocenters. The van der Waals surface area contributed by atoms with Gasteiger partial charge < -0.3 is 15.8 Å². The highest BCUT2D eigenvalue weighted by Crippen LogP contribution is 2.06. The molecule has 0 saturated carbocycles. The second-order valence-electron chi connectivity index (χ2n) is 4.38. The van der Waals surface area contributed by atoms with Gasteiger partial charge in [0.15, 0.2) is 6.61 Å². The average molecular weight is 247 g/mol. The van der Waals surface area contributed by atoms with Gasteiger partial charge in [-0.2, -0.15) is 5.48 Å². The Morgan fingerprint density at radius 2 is 1.94 bits per heavy atom. The number of nitrogens with one attached hydrogen (secondary N) is 2. The zero-order chi connectivity index (χ0) is 13.3. The predicted molar refractivity (Wildman–Crippen MR) is 62.0 cm³/mol. The maximum atomic E-state index is 11.1. The fraction of sp³-hybridized carbons (Fsp3) is 0.800. The first-order valence-corrected chi connectivity index (χ1v) is 5.42. The molecule has 0 fully saturated rings. The van der Waals surface area contributed by atoms with Gasteiger partial charge >= 0.3 is 6.09 Å². The summed E-state index contributed by atoms with van der Waals surface area (Å²) in [6, 6.07) is 0. The number of hydrogen-bond acceptors (Lipinski definition) is 5. The molecule has 100 valence electrons. The van der Waals surface area contributed by atoms with Gasteiger partial charge in [-0.3, -0.25) is 9.63 Å². The Balaban J connectivity index is 3.56. The predicted octanol–water partition coefficient (Wildman–Crippen LogP) is -0.0923. The lowest BCUT2D eigenvalue weighted by molar-refractivity contribution is -0.128. The normalized spacial score (nSPS) is 10.8. The lowest BCUT2D eigenvalue weighted by Gasteiger charge is -2.19. The first-order valence-electron chi connectivity index (χ1n) is 5.42. The van der Waals surface area contributed by atoms with E-state index in [9.17, 15) is 9.59 Å². The van der Waals surface area contributed by atoms with Gasteiger partial charge in [0.2, 0.25) is 5.91 Å². The van der Waals surface area contributed by atoms with Gasteiger partial charge in [-0.1, -0.05) is 0 Å². The molecule has 17 heavy (non-hydrogen) atoms. The van der Waals surface area contributed by atoms with Crippen molar-refractivity contribution in [3.63, 3.8) is 0 Å². The molecule has 0 aliphatic heterocycles. The zero-order valence-corrected chi connectivity index (χ0v) is 10.5. The van der Waals surface area contributed by atoms with Crippen LogP contribution in [0.5, 0.6) is 0 Å². The summed E-state index contributed by atoms with van der Waals surface area (Å²) in [7, 11) is 0. The van der Waals surface area contributed by atoms with E-state index in [4.69, 9.17) is 10.5 Å². The third-order valence-corrected chi connectivity index (χ3v) is 1.46. The van der Waals surface area contributed by atoms with E-state index in [1.54, 1.807) is 20.8 Å².